The summed E-state index contributed by atoms with van der Waals surface area (Å²) in [5.74, 6) is -2.53. The molecule has 0 radical (unpaired) electrons. The van der Waals surface area contributed by atoms with Crippen LogP contribution in [-0.2, 0) is 19.2 Å². The molecule has 7 heteroatoms. The Labute approximate surface area is 261 Å². The monoisotopic (exact) mass is 596 g/mol. The van der Waals surface area contributed by atoms with Gasteiger partial charge in [0, 0.05) is 30.5 Å². The molecule has 9 rings (SSSR count). The van der Waals surface area contributed by atoms with Crippen LogP contribution in [0.3, 0.4) is 0 Å². The fourth-order valence-electron chi connectivity index (χ4n) is 8.28. The third-order valence-electron chi connectivity index (χ3n) is 10.1. The van der Waals surface area contributed by atoms with Crippen LogP contribution in [0.5, 0.6) is 5.75 Å². The van der Waals surface area contributed by atoms with Crippen LogP contribution >= 0.6 is 0 Å². The molecule has 0 aromatic heterocycles. The largest absolute Gasteiger partial charge is 0.426 e. The van der Waals surface area contributed by atoms with E-state index in [0.717, 1.165) is 39.1 Å². The zero-order valence-corrected chi connectivity index (χ0v) is 25.3. The molecule has 0 unspecified atom stereocenters. The molecule has 0 saturated carbocycles. The summed E-state index contributed by atoms with van der Waals surface area (Å²) in [6, 6.07) is 27.3. The summed E-state index contributed by atoms with van der Waals surface area (Å²) in [4.78, 5) is 57.3. The maximum Gasteiger partial charge on any atom is 0.316 e. The summed E-state index contributed by atoms with van der Waals surface area (Å²) in [7, 11) is 0. The number of rotatable bonds is 4. The van der Waals surface area contributed by atoms with E-state index in [4.69, 9.17) is 4.74 Å². The van der Waals surface area contributed by atoms with Crippen molar-refractivity contribution in [2.75, 3.05) is 16.3 Å². The number of carbonyl (C=O) groups excluding carboxylic acids is 4. The molecule has 3 atom stereocenters. The molecule has 2 fully saturated rings. The highest BCUT2D eigenvalue weighted by molar-refractivity contribution is 6.23. The molecule has 0 N–H and O–H groups in total. The second-order valence-corrected chi connectivity index (χ2v) is 12.9. The minimum absolute atomic E-state index is 0.0789. The van der Waals surface area contributed by atoms with Crippen molar-refractivity contribution in [3.8, 4) is 5.75 Å². The number of aryl methyl sites for hydroxylation is 3. The van der Waals surface area contributed by atoms with Crippen LogP contribution in [-0.4, -0.2) is 30.2 Å². The zero-order valence-electron chi connectivity index (χ0n) is 25.3. The van der Waals surface area contributed by atoms with Crippen molar-refractivity contribution < 1.29 is 23.9 Å². The lowest BCUT2D eigenvalue weighted by Crippen LogP contribution is -2.41. The number of hydrogen-bond donors (Lipinski definition) is 0. The number of imide groups is 1. The van der Waals surface area contributed by atoms with E-state index in [2.05, 4.69) is 24.3 Å². The molecule has 2 aliphatic heterocycles. The van der Waals surface area contributed by atoms with Gasteiger partial charge < -0.3 is 9.64 Å². The molecule has 5 aliphatic rings. The van der Waals surface area contributed by atoms with E-state index in [1.54, 1.807) is 23.1 Å². The van der Waals surface area contributed by atoms with Crippen molar-refractivity contribution in [2.24, 2.45) is 17.8 Å². The number of nitrogens with zero attached hydrogens (tertiary/aromatic N) is 2. The van der Waals surface area contributed by atoms with E-state index in [-0.39, 0.29) is 42.5 Å². The van der Waals surface area contributed by atoms with E-state index in [1.807, 2.05) is 63.2 Å². The Morgan fingerprint density at radius 3 is 1.76 bits per heavy atom. The first-order valence-corrected chi connectivity index (χ1v) is 15.5. The molecule has 0 spiro atoms. The van der Waals surface area contributed by atoms with Crippen molar-refractivity contribution in [2.45, 2.75) is 39.0 Å². The summed E-state index contributed by atoms with van der Waals surface area (Å²) in [6.45, 7) is 6.03. The zero-order chi connectivity index (χ0) is 31.1. The Bertz CT molecular complexity index is 1830. The van der Waals surface area contributed by atoms with Crippen molar-refractivity contribution in [1.82, 2.24) is 0 Å². The molecular formula is C38H32N2O5. The summed E-state index contributed by atoms with van der Waals surface area (Å²) in [5.41, 5.74) is 8.57. The van der Waals surface area contributed by atoms with Crippen LogP contribution in [0.4, 0.5) is 11.4 Å². The average molecular weight is 597 g/mol. The number of carbonyl (C=O) groups is 4. The van der Waals surface area contributed by atoms with Crippen LogP contribution in [0.15, 0.2) is 84.9 Å². The highest BCUT2D eigenvalue weighted by Gasteiger charge is 2.61. The van der Waals surface area contributed by atoms with Gasteiger partial charge in [-0.2, -0.15) is 0 Å². The quantitative estimate of drug-likeness (QED) is 0.165. The summed E-state index contributed by atoms with van der Waals surface area (Å²) in [6.07, 6.45) is 0.0789. The van der Waals surface area contributed by atoms with Crippen molar-refractivity contribution >= 4 is 35.1 Å². The van der Waals surface area contributed by atoms with E-state index >= 15 is 0 Å². The van der Waals surface area contributed by atoms with Gasteiger partial charge in [-0.3, -0.25) is 19.2 Å². The van der Waals surface area contributed by atoms with Crippen LogP contribution < -0.4 is 14.5 Å². The van der Waals surface area contributed by atoms with Gasteiger partial charge in [-0.15, -0.1) is 0 Å². The Morgan fingerprint density at radius 2 is 1.24 bits per heavy atom. The Hall–Kier alpha value is -5.04. The van der Waals surface area contributed by atoms with Gasteiger partial charge in [0.25, 0.3) is 0 Å². The summed E-state index contributed by atoms with van der Waals surface area (Å²) >= 11 is 0. The van der Waals surface area contributed by atoms with Gasteiger partial charge in [0.2, 0.25) is 17.7 Å². The lowest BCUT2D eigenvalue weighted by atomic mass is 9.55. The lowest BCUT2D eigenvalue weighted by Gasteiger charge is -2.45. The number of amides is 3. The van der Waals surface area contributed by atoms with Crippen molar-refractivity contribution in [3.63, 3.8) is 0 Å². The van der Waals surface area contributed by atoms with Crippen LogP contribution in [0, 0.1) is 38.5 Å². The van der Waals surface area contributed by atoms with Gasteiger partial charge in [0.15, 0.2) is 0 Å². The minimum atomic E-state index is -0.595. The van der Waals surface area contributed by atoms with Crippen LogP contribution in [0.25, 0.3) is 0 Å². The molecule has 3 amide bonds. The molecule has 2 saturated heterocycles. The molecule has 4 aromatic carbocycles. The first kappa shape index (κ1) is 27.5. The molecule has 224 valence electrons. The highest BCUT2D eigenvalue weighted by Crippen LogP contribution is 2.61. The minimum Gasteiger partial charge on any atom is -0.426 e. The Kier molecular flexibility index (Phi) is 6.11. The fraction of sp³-hybridized carbons (Fsp3) is 0.263. The fourth-order valence-corrected chi connectivity index (χ4v) is 8.28. The van der Waals surface area contributed by atoms with E-state index in [1.165, 1.54) is 4.90 Å². The SMILES string of the molecule is Cc1cc(C)cc(N2C[C@H](C(=O)Oc3ccc(N4C(=O)[C@@H]5C6c7ccccc7C(c7ccccc76)[C@H]5C4=O)c(C)c3)CC2=O)c1. The van der Waals surface area contributed by atoms with Crippen LogP contribution in [0.1, 0.15) is 57.2 Å². The molecule has 45 heavy (non-hydrogen) atoms. The van der Waals surface area contributed by atoms with Gasteiger partial charge in [-0.1, -0.05) is 54.6 Å². The molecule has 7 nitrogen and oxygen atoms in total. The standard InChI is InChI=1S/C38H32N2O5/c1-20-14-21(2)16-24(15-20)39-19-23(18-31(39)41)38(44)45-25-12-13-30(22(3)17-25)40-36(42)34-32-26-8-4-5-9-27(26)33(35(34)37(40)43)29-11-7-6-10-28(29)32/h4-17,23,32-35H,18-19H2,1-3H3/t23-,32?,33?,34-,35-/m1/s1. The van der Waals surface area contributed by atoms with Gasteiger partial charge >= 0.3 is 5.97 Å². The third kappa shape index (κ3) is 4.10. The van der Waals surface area contributed by atoms with Crippen LogP contribution in [0.2, 0.25) is 0 Å². The summed E-state index contributed by atoms with van der Waals surface area (Å²) < 4.78 is 5.75. The van der Waals surface area contributed by atoms with E-state index in [9.17, 15) is 19.2 Å². The first-order valence-electron chi connectivity index (χ1n) is 15.5. The first-order chi connectivity index (χ1) is 21.7. The lowest BCUT2D eigenvalue weighted by molar-refractivity contribution is -0.139. The smallest absolute Gasteiger partial charge is 0.316 e. The van der Waals surface area contributed by atoms with Crippen molar-refractivity contribution in [1.29, 1.82) is 0 Å². The Balaban J connectivity index is 1.04. The topological polar surface area (TPSA) is 84.0 Å². The maximum atomic E-state index is 14.2. The van der Waals surface area contributed by atoms with E-state index < -0.39 is 23.7 Å². The van der Waals surface area contributed by atoms with Gasteiger partial charge in [0.05, 0.1) is 23.4 Å². The molecule has 2 bridgehead atoms. The Morgan fingerprint density at radius 1 is 0.711 bits per heavy atom. The predicted octanol–water partition coefficient (Wildman–Crippen LogP) is 5.97. The van der Waals surface area contributed by atoms with Gasteiger partial charge in [0.1, 0.15) is 5.75 Å². The number of anilines is 2. The third-order valence-corrected chi connectivity index (χ3v) is 10.1. The molecule has 4 aromatic rings. The summed E-state index contributed by atoms with van der Waals surface area (Å²) in [5, 5.41) is 0. The highest BCUT2D eigenvalue weighted by atomic mass is 16.5. The maximum absolute atomic E-state index is 14.2. The number of esters is 1. The number of ether oxygens (including phenoxy) is 1. The molecule has 3 aliphatic carbocycles. The second kappa shape index (κ2) is 9.99. The second-order valence-electron chi connectivity index (χ2n) is 12.9. The number of benzene rings is 4. The normalized spacial score (nSPS) is 24.5. The van der Waals surface area contributed by atoms with E-state index in [0.29, 0.717) is 17.0 Å². The molecule has 2 heterocycles. The average Bonchev–Trinajstić information content (AvgIpc) is 3.54. The van der Waals surface area contributed by atoms with Crippen molar-refractivity contribution in [3.05, 3.63) is 124 Å². The number of hydrogen-bond acceptors (Lipinski definition) is 5. The molecular weight excluding hydrogens is 564 g/mol. The van der Waals surface area contributed by atoms with Gasteiger partial charge in [-0.25, -0.2) is 4.90 Å². The predicted molar refractivity (Wildman–Crippen MR) is 169 cm³/mol. The van der Waals surface area contributed by atoms with Gasteiger partial charge in [-0.05, 0) is 90.0 Å².